The predicted octanol–water partition coefficient (Wildman–Crippen LogP) is 0.685. The van der Waals surface area contributed by atoms with E-state index in [0.29, 0.717) is 19.3 Å². The minimum Gasteiger partial charge on any atom is -0.396 e. The van der Waals surface area contributed by atoms with Gasteiger partial charge in [0.25, 0.3) is 0 Å². The van der Waals surface area contributed by atoms with Crippen molar-refractivity contribution in [1.82, 2.24) is 4.90 Å². The second-order valence-corrected chi connectivity index (χ2v) is 4.92. The van der Waals surface area contributed by atoms with Crippen LogP contribution in [-0.2, 0) is 9.53 Å². The molecule has 94 valence electrons. The molecule has 0 spiro atoms. The number of rotatable bonds is 7. The molecule has 1 saturated heterocycles. The number of carbonyl (C=O) groups is 1. The lowest BCUT2D eigenvalue weighted by Gasteiger charge is -2.33. The van der Waals surface area contributed by atoms with E-state index in [4.69, 9.17) is 9.84 Å². The first-order valence-electron chi connectivity index (χ1n) is 6.02. The molecule has 0 aromatic carbocycles. The number of aldehydes is 1. The van der Waals surface area contributed by atoms with Crippen LogP contribution in [-0.4, -0.2) is 55.2 Å². The van der Waals surface area contributed by atoms with Gasteiger partial charge in [-0.2, -0.15) is 0 Å². The van der Waals surface area contributed by atoms with Crippen molar-refractivity contribution in [3.63, 3.8) is 0 Å². The first-order chi connectivity index (χ1) is 7.63. The lowest BCUT2D eigenvalue weighted by Crippen LogP contribution is -2.43. The van der Waals surface area contributed by atoms with Gasteiger partial charge in [-0.05, 0) is 26.7 Å². The number of aliphatic hydroxyl groups is 1. The Labute approximate surface area is 97.6 Å². The summed E-state index contributed by atoms with van der Waals surface area (Å²) >= 11 is 0. The van der Waals surface area contributed by atoms with E-state index in [1.807, 2.05) is 0 Å². The Bertz CT molecular complexity index is 212. The zero-order valence-electron chi connectivity index (χ0n) is 10.3. The average molecular weight is 229 g/mol. The molecule has 1 aliphatic rings. The third-order valence-electron chi connectivity index (χ3n) is 3.24. The summed E-state index contributed by atoms with van der Waals surface area (Å²) in [5.74, 6) is 0. The van der Waals surface area contributed by atoms with E-state index in [-0.39, 0.29) is 12.0 Å². The van der Waals surface area contributed by atoms with Crippen molar-refractivity contribution in [3.8, 4) is 0 Å². The van der Waals surface area contributed by atoms with E-state index in [1.165, 1.54) is 0 Å². The molecule has 4 nitrogen and oxygen atoms in total. The van der Waals surface area contributed by atoms with Crippen LogP contribution in [0, 0.1) is 5.41 Å². The molecule has 0 bridgehead atoms. The van der Waals surface area contributed by atoms with Gasteiger partial charge in [0.05, 0.1) is 12.0 Å². The predicted molar refractivity (Wildman–Crippen MR) is 62.3 cm³/mol. The van der Waals surface area contributed by atoms with Gasteiger partial charge in [0.1, 0.15) is 6.29 Å². The number of carbonyl (C=O) groups excluding carboxylic acids is 1. The molecule has 1 fully saturated rings. The summed E-state index contributed by atoms with van der Waals surface area (Å²) in [4.78, 5) is 13.5. The van der Waals surface area contributed by atoms with E-state index in [1.54, 1.807) is 0 Å². The SMILES string of the molecule is CC(C)N(CCCO)CC1(C=O)CCOC1. The van der Waals surface area contributed by atoms with E-state index in [2.05, 4.69) is 18.7 Å². The highest BCUT2D eigenvalue weighted by molar-refractivity contribution is 5.60. The van der Waals surface area contributed by atoms with Gasteiger partial charge in [-0.3, -0.25) is 4.90 Å². The zero-order valence-corrected chi connectivity index (χ0v) is 10.3. The molecule has 16 heavy (non-hydrogen) atoms. The molecule has 0 aromatic heterocycles. The topological polar surface area (TPSA) is 49.8 Å². The Balaban J connectivity index is 2.54. The molecule has 1 atom stereocenters. The lowest BCUT2D eigenvalue weighted by molar-refractivity contribution is -0.117. The monoisotopic (exact) mass is 229 g/mol. The van der Waals surface area contributed by atoms with E-state index >= 15 is 0 Å². The fourth-order valence-corrected chi connectivity index (χ4v) is 2.08. The Morgan fingerprint density at radius 2 is 2.31 bits per heavy atom. The van der Waals surface area contributed by atoms with Crippen molar-refractivity contribution in [2.75, 3.05) is 32.9 Å². The third-order valence-corrected chi connectivity index (χ3v) is 3.24. The molecule has 1 rings (SSSR count). The van der Waals surface area contributed by atoms with Gasteiger partial charge in [-0.15, -0.1) is 0 Å². The van der Waals surface area contributed by atoms with Crippen LogP contribution >= 0.6 is 0 Å². The molecular formula is C12H23NO3. The van der Waals surface area contributed by atoms with Crippen molar-refractivity contribution in [2.24, 2.45) is 5.41 Å². The van der Waals surface area contributed by atoms with Crippen molar-refractivity contribution < 1.29 is 14.6 Å². The van der Waals surface area contributed by atoms with Gasteiger partial charge in [0, 0.05) is 32.3 Å². The number of nitrogens with zero attached hydrogens (tertiary/aromatic N) is 1. The Morgan fingerprint density at radius 1 is 1.56 bits per heavy atom. The minimum absolute atomic E-state index is 0.202. The molecule has 0 aliphatic carbocycles. The maximum atomic E-state index is 11.2. The van der Waals surface area contributed by atoms with Crippen molar-refractivity contribution in [3.05, 3.63) is 0 Å². The lowest BCUT2D eigenvalue weighted by atomic mass is 9.88. The highest BCUT2D eigenvalue weighted by atomic mass is 16.5. The van der Waals surface area contributed by atoms with E-state index in [9.17, 15) is 4.79 Å². The van der Waals surface area contributed by atoms with Crippen LogP contribution in [0.3, 0.4) is 0 Å². The number of hydrogen-bond acceptors (Lipinski definition) is 4. The van der Waals surface area contributed by atoms with Gasteiger partial charge < -0.3 is 14.6 Å². The van der Waals surface area contributed by atoms with Gasteiger partial charge >= 0.3 is 0 Å². The zero-order chi connectivity index (χ0) is 12.0. The summed E-state index contributed by atoms with van der Waals surface area (Å²) in [7, 11) is 0. The number of hydrogen-bond donors (Lipinski definition) is 1. The average Bonchev–Trinajstić information content (AvgIpc) is 2.73. The van der Waals surface area contributed by atoms with Gasteiger partial charge in [0.15, 0.2) is 0 Å². The molecule has 1 aliphatic heterocycles. The van der Waals surface area contributed by atoms with Crippen LogP contribution in [0.15, 0.2) is 0 Å². The Morgan fingerprint density at radius 3 is 2.75 bits per heavy atom. The van der Waals surface area contributed by atoms with Crippen molar-refractivity contribution >= 4 is 6.29 Å². The van der Waals surface area contributed by atoms with E-state index < -0.39 is 0 Å². The molecule has 1 heterocycles. The molecule has 1 N–H and O–H groups in total. The van der Waals surface area contributed by atoms with Crippen molar-refractivity contribution in [1.29, 1.82) is 0 Å². The summed E-state index contributed by atoms with van der Waals surface area (Å²) in [6.07, 6.45) is 2.63. The summed E-state index contributed by atoms with van der Waals surface area (Å²) in [5.41, 5.74) is -0.320. The second-order valence-electron chi connectivity index (χ2n) is 4.92. The standard InChI is InChI=1S/C12H23NO3/c1-11(2)13(5-3-6-14)8-12(9-15)4-7-16-10-12/h9,11,14H,3-8,10H2,1-2H3. The summed E-state index contributed by atoms with van der Waals surface area (Å²) in [6.45, 7) is 7.24. The number of aliphatic hydroxyl groups excluding tert-OH is 1. The first-order valence-corrected chi connectivity index (χ1v) is 6.02. The minimum atomic E-state index is -0.320. The largest absolute Gasteiger partial charge is 0.396 e. The van der Waals surface area contributed by atoms with Crippen LogP contribution in [0.4, 0.5) is 0 Å². The van der Waals surface area contributed by atoms with Gasteiger partial charge in [0.2, 0.25) is 0 Å². The molecule has 0 amide bonds. The smallest absolute Gasteiger partial charge is 0.129 e. The molecule has 0 saturated carbocycles. The first kappa shape index (κ1) is 13.6. The summed E-state index contributed by atoms with van der Waals surface area (Å²) < 4.78 is 5.33. The Hall–Kier alpha value is -0.450. The van der Waals surface area contributed by atoms with Crippen LogP contribution < -0.4 is 0 Å². The fraction of sp³-hybridized carbons (Fsp3) is 0.917. The maximum absolute atomic E-state index is 11.2. The summed E-state index contributed by atoms with van der Waals surface area (Å²) in [5, 5.41) is 8.86. The van der Waals surface area contributed by atoms with Crippen LogP contribution in [0.2, 0.25) is 0 Å². The molecule has 0 aromatic rings. The third kappa shape index (κ3) is 3.54. The highest BCUT2D eigenvalue weighted by Gasteiger charge is 2.36. The molecule has 4 heteroatoms. The van der Waals surface area contributed by atoms with Crippen molar-refractivity contribution in [2.45, 2.75) is 32.7 Å². The molecule has 0 radical (unpaired) electrons. The van der Waals surface area contributed by atoms with Gasteiger partial charge in [-0.1, -0.05) is 0 Å². The maximum Gasteiger partial charge on any atom is 0.129 e. The molecule has 1 unspecified atom stereocenters. The Kier molecular flexibility index (Phi) is 5.38. The summed E-state index contributed by atoms with van der Waals surface area (Å²) in [6, 6.07) is 0.393. The van der Waals surface area contributed by atoms with Crippen LogP contribution in [0.5, 0.6) is 0 Å². The fourth-order valence-electron chi connectivity index (χ4n) is 2.08. The van der Waals surface area contributed by atoms with Gasteiger partial charge in [-0.25, -0.2) is 0 Å². The number of ether oxygens (including phenoxy) is 1. The second kappa shape index (κ2) is 6.33. The normalized spacial score (nSPS) is 25.6. The highest BCUT2D eigenvalue weighted by Crippen LogP contribution is 2.28. The van der Waals surface area contributed by atoms with Crippen LogP contribution in [0.1, 0.15) is 26.7 Å². The molecular weight excluding hydrogens is 206 g/mol. The quantitative estimate of drug-likeness (QED) is 0.652. The van der Waals surface area contributed by atoms with Crippen LogP contribution in [0.25, 0.3) is 0 Å². The van der Waals surface area contributed by atoms with E-state index in [0.717, 1.165) is 32.2 Å².